The van der Waals surface area contributed by atoms with E-state index in [0.29, 0.717) is 6.04 Å². The molecule has 2 aromatic carbocycles. The van der Waals surface area contributed by atoms with E-state index in [1.165, 1.54) is 42.4 Å². The molecule has 2 heterocycles. The van der Waals surface area contributed by atoms with Crippen LogP contribution in [0.3, 0.4) is 0 Å². The normalized spacial score (nSPS) is 16.8. The molecule has 1 saturated heterocycles. The molecular weight excluding hydrogens is 352 g/mol. The molecule has 0 amide bonds. The average Bonchev–Trinajstić information content (AvgIpc) is 3.25. The van der Waals surface area contributed by atoms with Crippen LogP contribution in [0.2, 0.25) is 0 Å². The first-order valence-corrected chi connectivity index (χ1v) is 10.8. The minimum atomic E-state index is 0.610. The van der Waals surface area contributed by atoms with Crippen LogP contribution in [0.4, 0.5) is 5.95 Å². The molecular formula is C22H24N4S. The zero-order chi connectivity index (χ0) is 18.1. The van der Waals surface area contributed by atoms with Gasteiger partial charge in [0.15, 0.2) is 5.16 Å². The Hall–Kier alpha value is -2.27. The van der Waals surface area contributed by atoms with Gasteiger partial charge in [-0.25, -0.2) is 0 Å². The Bertz CT molecular complexity index is 894. The molecule has 0 unspecified atom stereocenters. The Morgan fingerprint density at radius 2 is 1.56 bits per heavy atom. The quantitative estimate of drug-likeness (QED) is 0.556. The van der Waals surface area contributed by atoms with Crippen molar-refractivity contribution in [2.45, 2.75) is 42.6 Å². The molecule has 3 aromatic rings. The third kappa shape index (κ3) is 3.61. The van der Waals surface area contributed by atoms with Crippen molar-refractivity contribution in [3.05, 3.63) is 60.2 Å². The first-order valence-electron chi connectivity index (χ1n) is 9.85. The molecule has 1 aromatic heterocycles. The Morgan fingerprint density at radius 1 is 0.852 bits per heavy atom. The molecule has 5 heteroatoms. The molecule has 0 bridgehead atoms. The lowest BCUT2D eigenvalue weighted by atomic mass is 10.0. The van der Waals surface area contributed by atoms with Gasteiger partial charge in [0.1, 0.15) is 0 Å². The highest BCUT2D eigenvalue weighted by molar-refractivity contribution is 7.98. The maximum Gasteiger partial charge on any atom is 0.228 e. The van der Waals surface area contributed by atoms with Crippen LogP contribution in [0.25, 0.3) is 11.1 Å². The Balaban J connectivity index is 1.30. The van der Waals surface area contributed by atoms with Gasteiger partial charge < -0.3 is 4.90 Å². The molecule has 1 aliphatic heterocycles. The number of aromatic nitrogens is 3. The van der Waals surface area contributed by atoms with Crippen molar-refractivity contribution >= 4 is 17.7 Å². The molecule has 0 radical (unpaired) electrons. The highest BCUT2D eigenvalue weighted by Gasteiger charge is 2.32. The van der Waals surface area contributed by atoms with Crippen molar-refractivity contribution in [2.24, 2.45) is 0 Å². The predicted molar refractivity (Wildman–Crippen MR) is 111 cm³/mol. The molecule has 138 valence electrons. The maximum absolute atomic E-state index is 4.54. The van der Waals surface area contributed by atoms with E-state index in [1.54, 1.807) is 0 Å². The first-order chi connectivity index (χ1) is 13.4. The smallest absolute Gasteiger partial charge is 0.228 e. The summed E-state index contributed by atoms with van der Waals surface area (Å²) in [6, 6.07) is 20.0. The minimum Gasteiger partial charge on any atom is -0.341 e. The van der Waals surface area contributed by atoms with Gasteiger partial charge in [-0.2, -0.15) is 0 Å². The number of rotatable bonds is 6. The van der Waals surface area contributed by atoms with E-state index in [1.807, 2.05) is 11.8 Å². The van der Waals surface area contributed by atoms with E-state index >= 15 is 0 Å². The molecule has 27 heavy (non-hydrogen) atoms. The van der Waals surface area contributed by atoms with E-state index in [0.717, 1.165) is 29.9 Å². The van der Waals surface area contributed by atoms with Crippen molar-refractivity contribution in [3.8, 4) is 11.1 Å². The van der Waals surface area contributed by atoms with Crippen molar-refractivity contribution < 1.29 is 0 Å². The number of hydrogen-bond donors (Lipinski definition) is 0. The molecule has 5 rings (SSSR count). The molecule has 0 spiro atoms. The zero-order valence-electron chi connectivity index (χ0n) is 15.4. The first kappa shape index (κ1) is 16.9. The fraction of sp³-hybridized carbons (Fsp3) is 0.364. The van der Waals surface area contributed by atoms with Crippen LogP contribution in [0.1, 0.15) is 37.3 Å². The molecule has 1 saturated carbocycles. The average molecular weight is 377 g/mol. The monoisotopic (exact) mass is 376 g/mol. The second kappa shape index (κ2) is 7.39. The summed E-state index contributed by atoms with van der Waals surface area (Å²) < 4.78 is 2.40. The third-order valence-corrected chi connectivity index (χ3v) is 6.39. The van der Waals surface area contributed by atoms with Gasteiger partial charge in [-0.1, -0.05) is 66.4 Å². The van der Waals surface area contributed by atoms with Gasteiger partial charge in [0, 0.05) is 24.9 Å². The number of anilines is 1. The fourth-order valence-corrected chi connectivity index (χ4v) is 4.68. The van der Waals surface area contributed by atoms with Crippen LogP contribution in [0, 0.1) is 0 Å². The van der Waals surface area contributed by atoms with Crippen LogP contribution < -0.4 is 4.90 Å². The topological polar surface area (TPSA) is 34.0 Å². The lowest BCUT2D eigenvalue weighted by molar-refractivity contribution is 0.651. The zero-order valence-corrected chi connectivity index (χ0v) is 16.2. The van der Waals surface area contributed by atoms with E-state index in [2.05, 4.69) is 74.3 Å². The van der Waals surface area contributed by atoms with Crippen LogP contribution in [-0.4, -0.2) is 27.9 Å². The summed E-state index contributed by atoms with van der Waals surface area (Å²) in [6.45, 7) is 2.24. The molecule has 0 atom stereocenters. The van der Waals surface area contributed by atoms with Gasteiger partial charge in [-0.15, -0.1) is 10.2 Å². The van der Waals surface area contributed by atoms with E-state index < -0.39 is 0 Å². The lowest BCUT2D eigenvalue weighted by Crippen LogP contribution is -2.22. The summed E-state index contributed by atoms with van der Waals surface area (Å²) in [4.78, 5) is 2.41. The molecule has 2 fully saturated rings. The SMILES string of the molecule is c1ccc(-c2ccc(CSc3nnc(N4CCCC4)n3C3CC3)cc2)cc1. The van der Waals surface area contributed by atoms with E-state index in [9.17, 15) is 0 Å². The van der Waals surface area contributed by atoms with E-state index in [-0.39, 0.29) is 0 Å². The van der Waals surface area contributed by atoms with Crippen LogP contribution >= 0.6 is 11.8 Å². The predicted octanol–water partition coefficient (Wildman–Crippen LogP) is 5.17. The Morgan fingerprint density at radius 3 is 2.26 bits per heavy atom. The van der Waals surface area contributed by atoms with Crippen LogP contribution in [0.5, 0.6) is 0 Å². The summed E-state index contributed by atoms with van der Waals surface area (Å²) in [5, 5.41) is 10.2. The largest absolute Gasteiger partial charge is 0.341 e. The number of thioether (sulfide) groups is 1. The van der Waals surface area contributed by atoms with Gasteiger partial charge in [0.05, 0.1) is 0 Å². The highest BCUT2D eigenvalue weighted by Crippen LogP contribution is 2.41. The number of hydrogen-bond acceptors (Lipinski definition) is 4. The van der Waals surface area contributed by atoms with Crippen molar-refractivity contribution in [1.82, 2.24) is 14.8 Å². The Kier molecular flexibility index (Phi) is 4.62. The summed E-state index contributed by atoms with van der Waals surface area (Å²) in [7, 11) is 0. The van der Waals surface area contributed by atoms with Crippen LogP contribution in [-0.2, 0) is 5.75 Å². The lowest BCUT2D eigenvalue weighted by Gasteiger charge is -2.18. The van der Waals surface area contributed by atoms with Gasteiger partial charge >= 0.3 is 0 Å². The molecule has 2 aliphatic rings. The van der Waals surface area contributed by atoms with Gasteiger partial charge in [0.25, 0.3) is 0 Å². The minimum absolute atomic E-state index is 0.610. The summed E-state index contributed by atoms with van der Waals surface area (Å²) in [5.74, 6) is 2.02. The molecule has 0 N–H and O–H groups in total. The van der Waals surface area contributed by atoms with Gasteiger partial charge in [0.2, 0.25) is 5.95 Å². The second-order valence-electron chi connectivity index (χ2n) is 7.43. The van der Waals surface area contributed by atoms with Crippen molar-refractivity contribution in [3.63, 3.8) is 0 Å². The number of nitrogens with zero attached hydrogens (tertiary/aromatic N) is 4. The maximum atomic E-state index is 4.54. The standard InChI is InChI=1S/C22H24N4S/c1-2-6-18(7-3-1)19-10-8-17(9-11-19)16-27-22-24-23-21(25-14-4-5-15-25)26(22)20-12-13-20/h1-3,6-11,20H,4-5,12-16H2. The molecule has 1 aliphatic carbocycles. The summed E-state index contributed by atoms with van der Waals surface area (Å²) in [5.41, 5.74) is 3.86. The summed E-state index contributed by atoms with van der Waals surface area (Å²) >= 11 is 1.81. The van der Waals surface area contributed by atoms with Crippen molar-refractivity contribution in [2.75, 3.05) is 18.0 Å². The Labute approximate surface area is 164 Å². The van der Waals surface area contributed by atoms with Gasteiger partial charge in [-0.3, -0.25) is 4.57 Å². The third-order valence-electron chi connectivity index (χ3n) is 5.38. The van der Waals surface area contributed by atoms with Crippen LogP contribution in [0.15, 0.2) is 59.8 Å². The highest BCUT2D eigenvalue weighted by atomic mass is 32.2. The van der Waals surface area contributed by atoms with Crippen molar-refractivity contribution in [1.29, 1.82) is 0 Å². The second-order valence-corrected chi connectivity index (χ2v) is 8.37. The molecule has 4 nitrogen and oxygen atoms in total. The van der Waals surface area contributed by atoms with Gasteiger partial charge in [-0.05, 0) is 42.4 Å². The number of benzene rings is 2. The van der Waals surface area contributed by atoms with E-state index in [4.69, 9.17) is 0 Å². The summed E-state index contributed by atoms with van der Waals surface area (Å²) in [6.07, 6.45) is 5.07. The fourth-order valence-electron chi connectivity index (χ4n) is 3.72.